The monoisotopic (exact) mass is 254 g/mol. The highest BCUT2D eigenvalue weighted by atomic mass is 16.3. The Hall–Kier alpha value is -0.610. The number of nitrogens with one attached hydrogen (secondary N) is 1. The van der Waals surface area contributed by atoms with Gasteiger partial charge in [-0.2, -0.15) is 0 Å². The summed E-state index contributed by atoms with van der Waals surface area (Å²) in [6.45, 7) is 7.26. The first kappa shape index (κ1) is 13.8. The van der Waals surface area contributed by atoms with Crippen molar-refractivity contribution in [1.82, 2.24) is 10.2 Å². The first-order chi connectivity index (χ1) is 8.43. The van der Waals surface area contributed by atoms with Crippen molar-refractivity contribution in [3.63, 3.8) is 0 Å². The van der Waals surface area contributed by atoms with Gasteiger partial charge in [0.25, 0.3) is 0 Å². The van der Waals surface area contributed by atoms with Crippen LogP contribution in [0.4, 0.5) is 0 Å². The van der Waals surface area contributed by atoms with E-state index in [0.717, 1.165) is 45.3 Å². The van der Waals surface area contributed by atoms with Gasteiger partial charge in [-0.25, -0.2) is 0 Å². The lowest BCUT2D eigenvalue weighted by Gasteiger charge is -2.37. The lowest BCUT2D eigenvalue weighted by atomic mass is 9.81. The molecule has 0 aromatic carbocycles. The van der Waals surface area contributed by atoms with Crippen molar-refractivity contribution in [1.29, 1.82) is 0 Å². The van der Waals surface area contributed by atoms with Crippen molar-refractivity contribution in [2.24, 2.45) is 5.41 Å². The molecule has 2 fully saturated rings. The molecule has 4 nitrogen and oxygen atoms in total. The van der Waals surface area contributed by atoms with E-state index in [1.807, 2.05) is 11.8 Å². The lowest BCUT2D eigenvalue weighted by Crippen LogP contribution is -2.50. The van der Waals surface area contributed by atoms with E-state index in [1.54, 1.807) is 0 Å². The summed E-state index contributed by atoms with van der Waals surface area (Å²) >= 11 is 0. The summed E-state index contributed by atoms with van der Waals surface area (Å²) in [4.78, 5) is 14.6. The van der Waals surface area contributed by atoms with Crippen LogP contribution in [0.5, 0.6) is 0 Å². The minimum Gasteiger partial charge on any atom is -0.390 e. The molecule has 0 aromatic rings. The molecule has 2 N–H and O–H groups in total. The van der Waals surface area contributed by atoms with Crippen molar-refractivity contribution < 1.29 is 9.90 Å². The SMILES string of the molecule is CC1(O)CCCN(C(=O)C2(C)CCCNC2)CC1. The number of aliphatic hydroxyl groups is 1. The minimum atomic E-state index is -0.596. The van der Waals surface area contributed by atoms with Crippen LogP contribution in [0, 0.1) is 5.41 Å². The first-order valence-corrected chi connectivity index (χ1v) is 7.16. The molecule has 0 aromatic heterocycles. The van der Waals surface area contributed by atoms with E-state index >= 15 is 0 Å². The smallest absolute Gasteiger partial charge is 0.229 e. The van der Waals surface area contributed by atoms with Gasteiger partial charge in [0.2, 0.25) is 5.91 Å². The molecular formula is C14H26N2O2. The summed E-state index contributed by atoms with van der Waals surface area (Å²) in [5, 5.41) is 13.4. The van der Waals surface area contributed by atoms with Crippen LogP contribution >= 0.6 is 0 Å². The van der Waals surface area contributed by atoms with E-state index in [2.05, 4.69) is 12.2 Å². The van der Waals surface area contributed by atoms with Crippen LogP contribution in [-0.2, 0) is 4.79 Å². The number of carbonyl (C=O) groups excluding carboxylic acids is 1. The molecule has 2 aliphatic heterocycles. The van der Waals surface area contributed by atoms with Crippen molar-refractivity contribution >= 4 is 5.91 Å². The number of amides is 1. The van der Waals surface area contributed by atoms with Gasteiger partial charge in [0, 0.05) is 19.6 Å². The van der Waals surface area contributed by atoms with E-state index in [1.165, 1.54) is 0 Å². The number of nitrogens with zero attached hydrogens (tertiary/aromatic N) is 1. The Kier molecular flexibility index (Phi) is 3.97. The zero-order chi connectivity index (χ0) is 13.2. The Morgan fingerprint density at radius 3 is 2.61 bits per heavy atom. The zero-order valence-corrected chi connectivity index (χ0v) is 11.7. The summed E-state index contributed by atoms with van der Waals surface area (Å²) in [6.07, 6.45) is 4.45. The molecule has 4 heteroatoms. The molecule has 2 aliphatic rings. The normalized spacial score (nSPS) is 38.3. The fourth-order valence-electron chi connectivity index (χ4n) is 3.09. The molecule has 0 aliphatic carbocycles. The molecule has 2 saturated heterocycles. The molecule has 2 rings (SSSR count). The summed E-state index contributed by atoms with van der Waals surface area (Å²) in [6, 6.07) is 0. The molecular weight excluding hydrogens is 228 g/mol. The third-order valence-corrected chi connectivity index (χ3v) is 4.46. The van der Waals surface area contributed by atoms with Gasteiger partial charge in [-0.05, 0) is 52.5 Å². The van der Waals surface area contributed by atoms with Crippen LogP contribution in [0.15, 0.2) is 0 Å². The summed E-state index contributed by atoms with van der Waals surface area (Å²) in [7, 11) is 0. The fraction of sp³-hybridized carbons (Fsp3) is 0.929. The minimum absolute atomic E-state index is 0.242. The van der Waals surface area contributed by atoms with Crippen LogP contribution in [-0.4, -0.2) is 47.7 Å². The average molecular weight is 254 g/mol. The molecule has 2 heterocycles. The zero-order valence-electron chi connectivity index (χ0n) is 11.7. The van der Waals surface area contributed by atoms with Crippen molar-refractivity contribution in [3.05, 3.63) is 0 Å². The van der Waals surface area contributed by atoms with Gasteiger partial charge in [0.1, 0.15) is 0 Å². The fourth-order valence-corrected chi connectivity index (χ4v) is 3.09. The van der Waals surface area contributed by atoms with E-state index in [9.17, 15) is 9.90 Å². The van der Waals surface area contributed by atoms with Crippen LogP contribution in [0.25, 0.3) is 0 Å². The number of piperidine rings is 1. The number of hydrogen-bond acceptors (Lipinski definition) is 3. The quantitative estimate of drug-likeness (QED) is 0.738. The van der Waals surface area contributed by atoms with Gasteiger partial charge in [-0.1, -0.05) is 0 Å². The maximum atomic E-state index is 12.6. The molecule has 0 spiro atoms. The number of rotatable bonds is 1. The Balaban J connectivity index is 2.00. The molecule has 0 bridgehead atoms. The molecule has 0 saturated carbocycles. The lowest BCUT2D eigenvalue weighted by molar-refractivity contribution is -0.142. The summed E-state index contributed by atoms with van der Waals surface area (Å²) < 4.78 is 0. The van der Waals surface area contributed by atoms with E-state index in [4.69, 9.17) is 0 Å². The van der Waals surface area contributed by atoms with Crippen molar-refractivity contribution in [3.8, 4) is 0 Å². The maximum Gasteiger partial charge on any atom is 0.229 e. The second-order valence-electron chi connectivity index (χ2n) is 6.48. The number of likely N-dealkylation sites (tertiary alicyclic amines) is 1. The largest absolute Gasteiger partial charge is 0.390 e. The van der Waals surface area contributed by atoms with E-state index in [0.29, 0.717) is 13.0 Å². The maximum absolute atomic E-state index is 12.6. The van der Waals surface area contributed by atoms with Gasteiger partial charge in [0.15, 0.2) is 0 Å². The van der Waals surface area contributed by atoms with Crippen LogP contribution in [0.2, 0.25) is 0 Å². The highest BCUT2D eigenvalue weighted by Gasteiger charge is 2.39. The van der Waals surface area contributed by atoms with Gasteiger partial charge in [-0.15, -0.1) is 0 Å². The second-order valence-corrected chi connectivity index (χ2v) is 6.48. The van der Waals surface area contributed by atoms with Crippen LogP contribution in [0.1, 0.15) is 46.0 Å². The van der Waals surface area contributed by atoms with Crippen molar-refractivity contribution in [2.45, 2.75) is 51.6 Å². The molecule has 18 heavy (non-hydrogen) atoms. The Morgan fingerprint density at radius 2 is 1.94 bits per heavy atom. The molecule has 104 valence electrons. The van der Waals surface area contributed by atoms with Crippen LogP contribution in [0.3, 0.4) is 0 Å². The highest BCUT2D eigenvalue weighted by Crippen LogP contribution is 2.30. The van der Waals surface area contributed by atoms with Gasteiger partial charge < -0.3 is 15.3 Å². The highest BCUT2D eigenvalue weighted by molar-refractivity contribution is 5.82. The molecule has 2 unspecified atom stereocenters. The number of carbonyl (C=O) groups is 1. The van der Waals surface area contributed by atoms with Gasteiger partial charge in [-0.3, -0.25) is 4.79 Å². The van der Waals surface area contributed by atoms with E-state index < -0.39 is 5.60 Å². The van der Waals surface area contributed by atoms with Crippen LogP contribution < -0.4 is 5.32 Å². The third-order valence-electron chi connectivity index (χ3n) is 4.46. The summed E-state index contributed by atoms with van der Waals surface area (Å²) in [5.41, 5.74) is -0.838. The Bertz CT molecular complexity index is 309. The Labute approximate surface area is 110 Å². The molecule has 0 radical (unpaired) electrons. The van der Waals surface area contributed by atoms with E-state index in [-0.39, 0.29) is 11.3 Å². The first-order valence-electron chi connectivity index (χ1n) is 7.16. The Morgan fingerprint density at radius 1 is 1.17 bits per heavy atom. The second kappa shape index (κ2) is 5.17. The topological polar surface area (TPSA) is 52.6 Å². The number of hydrogen-bond donors (Lipinski definition) is 2. The molecule has 2 atom stereocenters. The predicted octanol–water partition coefficient (Wildman–Crippen LogP) is 1.14. The standard InChI is InChI=1S/C14H26N2O2/c1-13(5-3-8-15-11-13)12(17)16-9-4-6-14(2,18)7-10-16/h15,18H,3-11H2,1-2H3. The van der Waals surface area contributed by atoms with Gasteiger partial charge in [0.05, 0.1) is 11.0 Å². The predicted molar refractivity (Wildman–Crippen MR) is 71.3 cm³/mol. The van der Waals surface area contributed by atoms with Gasteiger partial charge >= 0.3 is 0 Å². The van der Waals surface area contributed by atoms with Crippen molar-refractivity contribution in [2.75, 3.05) is 26.2 Å². The summed E-state index contributed by atoms with van der Waals surface area (Å²) in [5.74, 6) is 0.271. The molecule has 1 amide bonds. The average Bonchev–Trinajstić information content (AvgIpc) is 2.50. The third kappa shape index (κ3) is 3.04.